The van der Waals surface area contributed by atoms with Crippen molar-refractivity contribution >= 4 is 5.82 Å². The summed E-state index contributed by atoms with van der Waals surface area (Å²) in [5, 5.41) is 0. The summed E-state index contributed by atoms with van der Waals surface area (Å²) < 4.78 is 0. The molecule has 0 spiro atoms. The quantitative estimate of drug-likeness (QED) is 0.848. The highest BCUT2D eigenvalue weighted by molar-refractivity contribution is 5.38. The average molecular weight is 219 g/mol. The zero-order valence-corrected chi connectivity index (χ0v) is 10.0. The van der Waals surface area contributed by atoms with Crippen LogP contribution in [0.3, 0.4) is 0 Å². The Morgan fingerprint density at radius 3 is 3.19 bits per heavy atom. The molecule has 0 amide bonds. The van der Waals surface area contributed by atoms with Gasteiger partial charge in [0.15, 0.2) is 0 Å². The summed E-state index contributed by atoms with van der Waals surface area (Å²) >= 11 is 0. The monoisotopic (exact) mass is 219 g/mol. The van der Waals surface area contributed by atoms with E-state index in [4.69, 9.17) is 5.73 Å². The first-order chi connectivity index (χ1) is 7.79. The van der Waals surface area contributed by atoms with Gasteiger partial charge in [-0.05, 0) is 31.4 Å². The molecule has 2 rings (SSSR count). The molecule has 1 saturated heterocycles. The van der Waals surface area contributed by atoms with Gasteiger partial charge in [0.05, 0.1) is 0 Å². The molecule has 1 aromatic heterocycles. The number of anilines is 1. The Hall–Kier alpha value is -1.09. The van der Waals surface area contributed by atoms with E-state index in [-0.39, 0.29) is 0 Å². The van der Waals surface area contributed by atoms with E-state index in [0.29, 0.717) is 5.82 Å². The summed E-state index contributed by atoms with van der Waals surface area (Å²) in [7, 11) is 0. The van der Waals surface area contributed by atoms with Crippen LogP contribution in [0.1, 0.15) is 31.7 Å². The highest BCUT2D eigenvalue weighted by Crippen LogP contribution is 2.21. The number of rotatable bonds is 3. The van der Waals surface area contributed by atoms with Crippen LogP contribution in [0.15, 0.2) is 18.3 Å². The van der Waals surface area contributed by atoms with Crippen molar-refractivity contribution in [2.24, 2.45) is 5.92 Å². The first kappa shape index (κ1) is 11.4. The highest BCUT2D eigenvalue weighted by atomic mass is 15.1. The van der Waals surface area contributed by atoms with Crippen LogP contribution in [0.5, 0.6) is 0 Å². The minimum atomic E-state index is 0.682. The molecular weight excluding hydrogens is 198 g/mol. The van der Waals surface area contributed by atoms with Crippen molar-refractivity contribution in [3.8, 4) is 0 Å². The van der Waals surface area contributed by atoms with E-state index >= 15 is 0 Å². The lowest BCUT2D eigenvalue weighted by atomic mass is 9.95. The normalized spacial score (nSPS) is 22.2. The molecule has 1 aliphatic rings. The van der Waals surface area contributed by atoms with Crippen LogP contribution in [-0.4, -0.2) is 23.0 Å². The summed E-state index contributed by atoms with van der Waals surface area (Å²) in [6, 6.07) is 4.05. The van der Waals surface area contributed by atoms with Crippen LogP contribution in [0, 0.1) is 5.92 Å². The van der Waals surface area contributed by atoms with E-state index in [9.17, 15) is 0 Å². The molecule has 1 atom stereocenters. The van der Waals surface area contributed by atoms with Crippen LogP contribution < -0.4 is 5.73 Å². The predicted octanol–water partition coefficient (Wildman–Crippen LogP) is 2.29. The third-order valence-electron chi connectivity index (χ3n) is 3.50. The van der Waals surface area contributed by atoms with E-state index < -0.39 is 0 Å². The second-order valence-corrected chi connectivity index (χ2v) is 4.70. The zero-order valence-electron chi connectivity index (χ0n) is 10.0. The molecule has 1 unspecified atom stereocenters. The Balaban J connectivity index is 1.97. The minimum Gasteiger partial charge on any atom is -0.383 e. The Kier molecular flexibility index (Phi) is 3.78. The minimum absolute atomic E-state index is 0.682. The number of pyridine rings is 1. The molecule has 2 N–H and O–H groups in total. The van der Waals surface area contributed by atoms with Gasteiger partial charge in [-0.25, -0.2) is 4.98 Å². The average Bonchev–Trinajstić information content (AvgIpc) is 2.32. The Bertz CT molecular complexity index is 338. The van der Waals surface area contributed by atoms with Crippen LogP contribution in [-0.2, 0) is 6.54 Å². The number of nitrogen functional groups attached to an aromatic ring is 1. The van der Waals surface area contributed by atoms with E-state index in [0.717, 1.165) is 12.5 Å². The van der Waals surface area contributed by atoms with Crippen molar-refractivity contribution in [1.29, 1.82) is 0 Å². The molecule has 2 heterocycles. The van der Waals surface area contributed by atoms with Crippen molar-refractivity contribution in [3.05, 3.63) is 23.9 Å². The van der Waals surface area contributed by atoms with Crippen molar-refractivity contribution < 1.29 is 0 Å². The van der Waals surface area contributed by atoms with Gasteiger partial charge in [0.2, 0.25) is 0 Å². The molecule has 1 aliphatic heterocycles. The molecular formula is C13H21N3. The number of nitrogens with zero attached hydrogens (tertiary/aromatic N) is 2. The highest BCUT2D eigenvalue weighted by Gasteiger charge is 2.18. The van der Waals surface area contributed by atoms with Crippen molar-refractivity contribution in [3.63, 3.8) is 0 Å². The zero-order chi connectivity index (χ0) is 11.4. The fourth-order valence-corrected chi connectivity index (χ4v) is 2.45. The van der Waals surface area contributed by atoms with Gasteiger partial charge < -0.3 is 5.73 Å². The maximum absolute atomic E-state index is 5.87. The number of hydrogen-bond donors (Lipinski definition) is 1. The fraction of sp³-hybridized carbons (Fsp3) is 0.615. The summed E-state index contributed by atoms with van der Waals surface area (Å²) in [5.41, 5.74) is 7.03. The maximum atomic E-state index is 5.87. The smallest absolute Gasteiger partial charge is 0.127 e. The number of aromatic nitrogens is 1. The van der Waals surface area contributed by atoms with Gasteiger partial charge in [-0.2, -0.15) is 0 Å². The summed E-state index contributed by atoms with van der Waals surface area (Å²) in [5.74, 6) is 1.55. The molecule has 0 saturated carbocycles. The Labute approximate surface area is 97.7 Å². The van der Waals surface area contributed by atoms with Crippen molar-refractivity contribution in [2.75, 3.05) is 18.8 Å². The number of piperidine rings is 1. The van der Waals surface area contributed by atoms with Gasteiger partial charge in [0.1, 0.15) is 5.82 Å². The van der Waals surface area contributed by atoms with Gasteiger partial charge in [-0.1, -0.05) is 19.4 Å². The van der Waals surface area contributed by atoms with Gasteiger partial charge in [-0.3, -0.25) is 4.90 Å². The van der Waals surface area contributed by atoms with Gasteiger partial charge in [-0.15, -0.1) is 0 Å². The van der Waals surface area contributed by atoms with E-state index in [1.165, 1.54) is 37.9 Å². The first-order valence-corrected chi connectivity index (χ1v) is 6.21. The van der Waals surface area contributed by atoms with E-state index in [1.54, 1.807) is 6.20 Å². The van der Waals surface area contributed by atoms with E-state index in [2.05, 4.69) is 22.9 Å². The molecule has 0 aromatic carbocycles. The summed E-state index contributed by atoms with van der Waals surface area (Å²) in [6.45, 7) is 5.65. The Morgan fingerprint density at radius 2 is 2.44 bits per heavy atom. The standard InChI is InChI=1S/C13H21N3/c1-2-11-5-4-8-16(9-11)10-12-6-3-7-15-13(12)14/h3,6-7,11H,2,4-5,8-10H2,1H3,(H2,14,15). The molecule has 0 radical (unpaired) electrons. The predicted molar refractivity (Wildman–Crippen MR) is 66.9 cm³/mol. The van der Waals surface area contributed by atoms with Gasteiger partial charge >= 0.3 is 0 Å². The lowest BCUT2D eigenvalue weighted by Crippen LogP contribution is -2.34. The van der Waals surface area contributed by atoms with Gasteiger partial charge in [0, 0.05) is 24.8 Å². The Morgan fingerprint density at radius 1 is 1.56 bits per heavy atom. The maximum Gasteiger partial charge on any atom is 0.127 e. The topological polar surface area (TPSA) is 42.2 Å². The molecule has 1 aromatic rings. The van der Waals surface area contributed by atoms with Crippen molar-refractivity contribution in [2.45, 2.75) is 32.7 Å². The van der Waals surface area contributed by atoms with Gasteiger partial charge in [0.25, 0.3) is 0 Å². The number of hydrogen-bond acceptors (Lipinski definition) is 3. The van der Waals surface area contributed by atoms with Crippen LogP contribution >= 0.6 is 0 Å². The summed E-state index contributed by atoms with van der Waals surface area (Å²) in [4.78, 5) is 6.64. The fourth-order valence-electron chi connectivity index (χ4n) is 2.45. The molecule has 0 bridgehead atoms. The SMILES string of the molecule is CCC1CCCN(Cc2cccnc2N)C1. The molecule has 88 valence electrons. The van der Waals surface area contributed by atoms with Crippen LogP contribution in [0.4, 0.5) is 5.82 Å². The molecule has 0 aliphatic carbocycles. The van der Waals surface area contributed by atoms with Crippen LogP contribution in [0.2, 0.25) is 0 Å². The number of nitrogens with two attached hydrogens (primary N) is 1. The third-order valence-corrected chi connectivity index (χ3v) is 3.50. The number of likely N-dealkylation sites (tertiary alicyclic amines) is 1. The molecule has 3 heteroatoms. The first-order valence-electron chi connectivity index (χ1n) is 6.21. The molecule has 16 heavy (non-hydrogen) atoms. The molecule has 3 nitrogen and oxygen atoms in total. The second kappa shape index (κ2) is 5.30. The van der Waals surface area contributed by atoms with Crippen molar-refractivity contribution in [1.82, 2.24) is 9.88 Å². The lowest BCUT2D eigenvalue weighted by Gasteiger charge is -2.32. The largest absolute Gasteiger partial charge is 0.383 e. The second-order valence-electron chi connectivity index (χ2n) is 4.70. The molecule has 1 fully saturated rings. The van der Waals surface area contributed by atoms with Crippen LogP contribution in [0.25, 0.3) is 0 Å². The summed E-state index contributed by atoms with van der Waals surface area (Å²) in [6.07, 6.45) is 5.75. The van der Waals surface area contributed by atoms with E-state index in [1.807, 2.05) is 6.07 Å². The third kappa shape index (κ3) is 2.73. The lowest BCUT2D eigenvalue weighted by molar-refractivity contribution is 0.165.